The van der Waals surface area contributed by atoms with Crippen molar-refractivity contribution in [3.05, 3.63) is 89.0 Å². The van der Waals surface area contributed by atoms with Gasteiger partial charge in [-0.3, -0.25) is 4.90 Å². The molecule has 3 aromatic rings. The van der Waals surface area contributed by atoms with Crippen LogP contribution in [-0.2, 0) is 27.1 Å². The standard InChI is InChI=1S/C31H32F6N2O3S/c1-20-23(8-7-10-24(20)30(32,33)34)21-12-14-22(15-13-21)29-26-18-38(16-5-6-17-39(26)27(29)19-42-2)43(40,41)28-11-4-3-9-25(28)31(35,36)37/h3-4,7-15,26-27,29H,5-6,16-19H2,1-2H3/t26-,27+,29-/m0/s1. The number of halogens is 6. The van der Waals surface area contributed by atoms with Crippen LogP contribution in [0.2, 0.25) is 0 Å². The van der Waals surface area contributed by atoms with Gasteiger partial charge in [-0.25, -0.2) is 8.42 Å². The van der Waals surface area contributed by atoms with Gasteiger partial charge in [0.2, 0.25) is 10.0 Å². The summed E-state index contributed by atoms with van der Waals surface area (Å²) < 4.78 is 116. The maximum atomic E-state index is 13.8. The summed E-state index contributed by atoms with van der Waals surface area (Å²) in [6, 6.07) is 15.0. The second kappa shape index (κ2) is 11.9. The van der Waals surface area contributed by atoms with Gasteiger partial charge in [-0.2, -0.15) is 30.6 Å². The number of ether oxygens (including phenoxy) is 1. The van der Waals surface area contributed by atoms with Crippen LogP contribution in [0.25, 0.3) is 11.1 Å². The molecule has 0 amide bonds. The summed E-state index contributed by atoms with van der Waals surface area (Å²) in [7, 11) is -2.91. The number of sulfonamides is 1. The van der Waals surface area contributed by atoms with Crippen LogP contribution in [0.1, 0.15) is 41.0 Å². The zero-order valence-electron chi connectivity index (χ0n) is 23.6. The van der Waals surface area contributed by atoms with Crippen LogP contribution < -0.4 is 0 Å². The summed E-state index contributed by atoms with van der Waals surface area (Å²) in [5, 5.41) is 0. The summed E-state index contributed by atoms with van der Waals surface area (Å²) in [5.41, 5.74) is 0.137. The van der Waals surface area contributed by atoms with Crippen LogP contribution in [0.15, 0.2) is 71.6 Å². The molecule has 232 valence electrons. The Hall–Kier alpha value is -2.93. The van der Waals surface area contributed by atoms with Crippen LogP contribution in [0.3, 0.4) is 0 Å². The van der Waals surface area contributed by atoms with Crippen molar-refractivity contribution in [2.75, 3.05) is 33.4 Å². The number of fused-ring (bicyclic) bond motifs is 1. The molecule has 0 spiro atoms. The summed E-state index contributed by atoms with van der Waals surface area (Å²) in [6.45, 7) is 2.57. The molecule has 0 aromatic heterocycles. The summed E-state index contributed by atoms with van der Waals surface area (Å²) >= 11 is 0. The van der Waals surface area contributed by atoms with E-state index in [1.807, 2.05) is 12.1 Å². The van der Waals surface area contributed by atoms with Crippen molar-refractivity contribution in [2.45, 2.75) is 55.0 Å². The fraction of sp³-hybridized carbons (Fsp3) is 0.419. The van der Waals surface area contributed by atoms with Gasteiger partial charge in [0.1, 0.15) is 0 Å². The topological polar surface area (TPSA) is 49.9 Å². The average Bonchev–Trinajstić information content (AvgIpc) is 2.93. The third-order valence-electron chi connectivity index (χ3n) is 8.54. The van der Waals surface area contributed by atoms with Gasteiger partial charge in [0, 0.05) is 38.2 Å². The molecular formula is C31H32F6N2O3S. The molecule has 2 aliphatic rings. The van der Waals surface area contributed by atoms with Crippen molar-refractivity contribution < 1.29 is 39.5 Å². The lowest BCUT2D eigenvalue weighted by molar-refractivity contribution is -0.140. The second-order valence-corrected chi connectivity index (χ2v) is 12.9. The Morgan fingerprint density at radius 1 is 0.837 bits per heavy atom. The lowest BCUT2D eigenvalue weighted by atomic mass is 9.74. The third-order valence-corrected chi connectivity index (χ3v) is 10.5. The van der Waals surface area contributed by atoms with Crippen LogP contribution in [0.4, 0.5) is 26.3 Å². The summed E-state index contributed by atoms with van der Waals surface area (Å²) in [4.78, 5) is 1.39. The maximum Gasteiger partial charge on any atom is 0.417 e. The molecule has 0 unspecified atom stereocenters. The van der Waals surface area contributed by atoms with E-state index < -0.39 is 38.4 Å². The first-order valence-corrected chi connectivity index (χ1v) is 15.4. The van der Waals surface area contributed by atoms with E-state index in [9.17, 15) is 34.8 Å². The van der Waals surface area contributed by atoms with Gasteiger partial charge in [0.15, 0.2) is 0 Å². The summed E-state index contributed by atoms with van der Waals surface area (Å²) in [5.74, 6) is -0.203. The largest absolute Gasteiger partial charge is 0.417 e. The number of hydrogen-bond donors (Lipinski definition) is 0. The van der Waals surface area contributed by atoms with E-state index in [0.29, 0.717) is 37.1 Å². The Balaban J connectivity index is 1.47. The Labute approximate surface area is 247 Å². The number of nitrogens with zero attached hydrogens (tertiary/aromatic N) is 2. The van der Waals surface area contributed by atoms with Crippen molar-refractivity contribution in [3.63, 3.8) is 0 Å². The molecule has 5 rings (SSSR count). The minimum Gasteiger partial charge on any atom is -0.383 e. The molecule has 2 aliphatic heterocycles. The number of benzene rings is 3. The van der Waals surface area contributed by atoms with Crippen molar-refractivity contribution in [3.8, 4) is 11.1 Å². The molecule has 3 aromatic carbocycles. The highest BCUT2D eigenvalue weighted by Crippen LogP contribution is 2.44. The highest BCUT2D eigenvalue weighted by atomic mass is 32.2. The molecule has 0 bridgehead atoms. The van der Waals surface area contributed by atoms with E-state index in [1.165, 1.54) is 25.1 Å². The van der Waals surface area contributed by atoms with Crippen molar-refractivity contribution in [1.29, 1.82) is 0 Å². The normalized spacial score (nSPS) is 22.4. The van der Waals surface area contributed by atoms with E-state index in [1.54, 1.807) is 25.3 Å². The zero-order valence-corrected chi connectivity index (χ0v) is 24.4. The third kappa shape index (κ3) is 6.07. The first-order chi connectivity index (χ1) is 20.2. The van der Waals surface area contributed by atoms with E-state index in [-0.39, 0.29) is 36.7 Å². The van der Waals surface area contributed by atoms with E-state index in [2.05, 4.69) is 4.90 Å². The molecular weight excluding hydrogens is 594 g/mol. The van der Waals surface area contributed by atoms with E-state index >= 15 is 0 Å². The van der Waals surface area contributed by atoms with Crippen LogP contribution in [0.5, 0.6) is 0 Å². The molecule has 0 saturated carbocycles. The highest BCUT2D eigenvalue weighted by molar-refractivity contribution is 7.89. The van der Waals surface area contributed by atoms with Gasteiger partial charge in [0.05, 0.1) is 22.6 Å². The predicted molar refractivity (Wildman–Crippen MR) is 150 cm³/mol. The number of rotatable bonds is 6. The smallest absolute Gasteiger partial charge is 0.383 e. The molecule has 0 radical (unpaired) electrons. The first-order valence-electron chi connectivity index (χ1n) is 13.9. The Bertz CT molecular complexity index is 1560. The SMILES string of the molecule is COC[C@@H]1[C@@H](c2ccc(-c3cccc(C(F)(F)F)c3C)cc2)[C@@H]2CN(S(=O)(=O)c3ccccc3C(F)(F)F)CCCCN12. The quantitative estimate of drug-likeness (QED) is 0.278. The summed E-state index contributed by atoms with van der Waals surface area (Å²) in [6.07, 6.45) is -8.16. The number of methoxy groups -OCH3 is 1. The van der Waals surface area contributed by atoms with Gasteiger partial charge in [-0.05, 0) is 66.8 Å². The van der Waals surface area contributed by atoms with Gasteiger partial charge >= 0.3 is 12.4 Å². The minimum atomic E-state index is -4.83. The lowest BCUT2D eigenvalue weighted by Crippen LogP contribution is -2.68. The van der Waals surface area contributed by atoms with Crippen molar-refractivity contribution in [2.24, 2.45) is 0 Å². The number of alkyl halides is 6. The number of hydrogen-bond acceptors (Lipinski definition) is 4. The first kappa shape index (κ1) is 31.5. The van der Waals surface area contributed by atoms with Gasteiger partial charge < -0.3 is 4.74 Å². The van der Waals surface area contributed by atoms with Crippen molar-refractivity contribution >= 4 is 10.0 Å². The Kier molecular flexibility index (Phi) is 8.69. The predicted octanol–water partition coefficient (Wildman–Crippen LogP) is 6.97. The highest BCUT2D eigenvalue weighted by Gasteiger charge is 2.51. The van der Waals surface area contributed by atoms with Crippen molar-refractivity contribution in [1.82, 2.24) is 9.21 Å². The van der Waals surface area contributed by atoms with Gasteiger partial charge in [-0.1, -0.05) is 48.5 Å². The maximum absolute atomic E-state index is 13.8. The molecule has 43 heavy (non-hydrogen) atoms. The van der Waals surface area contributed by atoms with Gasteiger partial charge in [-0.15, -0.1) is 0 Å². The molecule has 12 heteroatoms. The Morgan fingerprint density at radius 2 is 1.47 bits per heavy atom. The molecule has 2 heterocycles. The van der Waals surface area contributed by atoms with Crippen LogP contribution >= 0.6 is 0 Å². The van der Waals surface area contributed by atoms with E-state index in [4.69, 9.17) is 4.74 Å². The molecule has 2 fully saturated rings. The molecule has 3 atom stereocenters. The Morgan fingerprint density at radius 3 is 2.12 bits per heavy atom. The minimum absolute atomic E-state index is 0.00606. The molecule has 0 aliphatic carbocycles. The van der Waals surface area contributed by atoms with Crippen LogP contribution in [-0.4, -0.2) is 63.1 Å². The second-order valence-electron chi connectivity index (χ2n) is 11.0. The molecule has 2 saturated heterocycles. The monoisotopic (exact) mass is 626 g/mol. The molecule has 0 N–H and O–H groups in total. The van der Waals surface area contributed by atoms with Gasteiger partial charge in [0.25, 0.3) is 0 Å². The zero-order chi connectivity index (χ0) is 31.2. The van der Waals surface area contributed by atoms with Crippen LogP contribution in [0, 0.1) is 6.92 Å². The van der Waals surface area contributed by atoms with E-state index in [0.717, 1.165) is 28.1 Å². The fourth-order valence-electron chi connectivity index (χ4n) is 6.48. The fourth-order valence-corrected chi connectivity index (χ4v) is 8.19. The molecule has 5 nitrogen and oxygen atoms in total. The lowest BCUT2D eigenvalue weighted by Gasteiger charge is -2.57. The average molecular weight is 627 g/mol.